The molecule has 1 fully saturated rings. The summed E-state index contributed by atoms with van der Waals surface area (Å²) < 4.78 is 5.51. The number of unbranched alkanes of at least 4 members (excludes halogenated alkanes) is 1. The van der Waals surface area contributed by atoms with Gasteiger partial charge in [0.05, 0.1) is 0 Å². The smallest absolute Gasteiger partial charge is 0.450 e. The Morgan fingerprint density at radius 1 is 1.00 bits per heavy atom. The number of carbonyl (C=O) groups is 2. The van der Waals surface area contributed by atoms with Crippen LogP contribution in [-0.4, -0.2) is 48.4 Å². The van der Waals surface area contributed by atoms with E-state index in [1.54, 1.807) is 4.90 Å². The number of aromatic nitrogens is 4. The summed E-state index contributed by atoms with van der Waals surface area (Å²) in [6.45, 7) is 2.34. The van der Waals surface area contributed by atoms with E-state index in [0.29, 0.717) is 31.6 Å². The summed E-state index contributed by atoms with van der Waals surface area (Å²) in [6.07, 6.45) is 4.40. The molecule has 1 saturated carbocycles. The number of carbonyl (C=O) groups excluding carboxylic acids is 1. The molecule has 0 unspecified atom stereocenters. The van der Waals surface area contributed by atoms with Crippen LogP contribution in [0.2, 0.25) is 0 Å². The van der Waals surface area contributed by atoms with Crippen molar-refractivity contribution in [2.45, 2.75) is 70.6 Å². The van der Waals surface area contributed by atoms with Gasteiger partial charge in [0.25, 0.3) is 0 Å². The summed E-state index contributed by atoms with van der Waals surface area (Å²) in [5.74, 6) is 0.544. The van der Waals surface area contributed by atoms with E-state index >= 15 is 0 Å². The Morgan fingerprint density at radius 2 is 1.74 bits per heavy atom. The van der Waals surface area contributed by atoms with Gasteiger partial charge in [-0.2, -0.15) is 0 Å². The molecule has 39 heavy (non-hydrogen) atoms. The third kappa shape index (κ3) is 5.77. The normalized spacial score (nSPS) is 14.7. The fourth-order valence-corrected chi connectivity index (χ4v) is 5.57. The number of amides is 1. The van der Waals surface area contributed by atoms with Crippen molar-refractivity contribution in [2.24, 2.45) is 0 Å². The van der Waals surface area contributed by atoms with Crippen molar-refractivity contribution in [2.75, 3.05) is 0 Å². The summed E-state index contributed by atoms with van der Waals surface area (Å²) in [5, 5.41) is 26.0. The Kier molecular flexibility index (Phi) is 7.86. The zero-order valence-corrected chi connectivity index (χ0v) is 22.1. The van der Waals surface area contributed by atoms with Gasteiger partial charge in [0.1, 0.15) is 0 Å². The first-order valence-corrected chi connectivity index (χ1v) is 13.6. The van der Waals surface area contributed by atoms with Crippen molar-refractivity contribution in [3.8, 4) is 22.5 Å². The van der Waals surface area contributed by atoms with Crippen molar-refractivity contribution >= 4 is 22.8 Å². The molecule has 3 aromatic carbocycles. The predicted molar refractivity (Wildman–Crippen MR) is 148 cm³/mol. The van der Waals surface area contributed by atoms with Gasteiger partial charge in [0.15, 0.2) is 11.5 Å². The minimum atomic E-state index is -1.34. The lowest BCUT2D eigenvalue weighted by Gasteiger charge is -2.44. The van der Waals surface area contributed by atoms with Gasteiger partial charge >= 0.3 is 6.16 Å². The van der Waals surface area contributed by atoms with E-state index in [1.807, 2.05) is 43.3 Å². The van der Waals surface area contributed by atoms with Gasteiger partial charge in [-0.25, -0.2) is 9.89 Å². The molecule has 0 atom stereocenters. The van der Waals surface area contributed by atoms with Crippen LogP contribution in [0.15, 0.2) is 60.7 Å². The van der Waals surface area contributed by atoms with Crippen LogP contribution in [0, 0.1) is 0 Å². The van der Waals surface area contributed by atoms with Gasteiger partial charge in [-0.15, -0.1) is 5.10 Å². The molecule has 5 rings (SSSR count). The van der Waals surface area contributed by atoms with Crippen LogP contribution in [0.1, 0.15) is 63.9 Å². The highest BCUT2D eigenvalue weighted by molar-refractivity contribution is 5.90. The standard InChI is InChI=1S/C30H33N5O4/c1-2-3-11-27(36)35(30(39-29(37)38)16-7-4-8-17-30)20-21-12-13-23-19-24(15-14-22(23)18-21)25-9-5-6-10-26(25)28-31-33-34-32-28/h5-6,9-10,12-15,18-19H,2-4,7-8,11,16-17,20H2,1H3,(H,37,38)(H,31,32,33,34). The first-order valence-electron chi connectivity index (χ1n) is 13.6. The third-order valence-corrected chi connectivity index (χ3v) is 7.53. The van der Waals surface area contributed by atoms with E-state index in [-0.39, 0.29) is 5.91 Å². The summed E-state index contributed by atoms with van der Waals surface area (Å²) in [5.41, 5.74) is 2.78. The molecule has 1 heterocycles. The molecular formula is C30H33N5O4. The number of nitrogens with zero attached hydrogens (tertiary/aromatic N) is 4. The largest absolute Gasteiger partial charge is 0.507 e. The number of ether oxygens (including phenoxy) is 1. The minimum Gasteiger partial charge on any atom is -0.450 e. The van der Waals surface area contributed by atoms with Gasteiger partial charge < -0.3 is 9.84 Å². The minimum absolute atomic E-state index is 0.0612. The SMILES string of the molecule is CCCCC(=O)N(Cc1ccc2cc(-c3ccccc3-c3nnn[nH]3)ccc2c1)C1(OC(=O)O)CCCCC1. The summed E-state index contributed by atoms with van der Waals surface area (Å²) in [6, 6.07) is 20.4. The Hall–Kier alpha value is -4.27. The second kappa shape index (κ2) is 11.6. The van der Waals surface area contributed by atoms with Gasteiger partial charge in [0.2, 0.25) is 5.91 Å². The van der Waals surface area contributed by atoms with E-state index in [9.17, 15) is 14.7 Å². The molecule has 0 bridgehead atoms. The number of rotatable bonds is 9. The first kappa shape index (κ1) is 26.3. The number of H-pyrrole nitrogens is 1. The molecule has 4 aromatic rings. The Bertz CT molecular complexity index is 1450. The number of fused-ring (bicyclic) bond motifs is 1. The van der Waals surface area contributed by atoms with E-state index in [0.717, 1.165) is 65.1 Å². The molecule has 202 valence electrons. The lowest BCUT2D eigenvalue weighted by Crippen LogP contribution is -2.55. The third-order valence-electron chi connectivity index (χ3n) is 7.53. The van der Waals surface area contributed by atoms with E-state index in [1.165, 1.54) is 0 Å². The molecule has 0 aliphatic heterocycles. The van der Waals surface area contributed by atoms with E-state index in [4.69, 9.17) is 4.74 Å². The van der Waals surface area contributed by atoms with Crippen LogP contribution >= 0.6 is 0 Å². The zero-order chi connectivity index (χ0) is 27.2. The number of carboxylic acid groups (broad SMARTS) is 1. The van der Waals surface area contributed by atoms with Gasteiger partial charge in [0, 0.05) is 31.4 Å². The summed E-state index contributed by atoms with van der Waals surface area (Å²) >= 11 is 0. The fourth-order valence-electron chi connectivity index (χ4n) is 5.57. The maximum absolute atomic E-state index is 13.4. The van der Waals surface area contributed by atoms with Crippen LogP contribution in [-0.2, 0) is 16.1 Å². The predicted octanol–water partition coefficient (Wildman–Crippen LogP) is 6.56. The van der Waals surface area contributed by atoms with Crippen LogP contribution in [0.4, 0.5) is 4.79 Å². The van der Waals surface area contributed by atoms with E-state index < -0.39 is 11.9 Å². The van der Waals surface area contributed by atoms with Gasteiger partial charge in [-0.3, -0.25) is 9.69 Å². The van der Waals surface area contributed by atoms with Crippen LogP contribution < -0.4 is 0 Å². The molecule has 0 radical (unpaired) electrons. The Morgan fingerprint density at radius 3 is 2.46 bits per heavy atom. The summed E-state index contributed by atoms with van der Waals surface area (Å²) in [4.78, 5) is 26.8. The number of benzene rings is 3. The second-order valence-corrected chi connectivity index (χ2v) is 10.1. The average molecular weight is 528 g/mol. The molecule has 1 aliphatic rings. The number of tetrazole rings is 1. The van der Waals surface area contributed by atoms with Crippen LogP contribution in [0.25, 0.3) is 33.3 Å². The monoisotopic (exact) mass is 527 g/mol. The Balaban J connectivity index is 1.46. The highest BCUT2D eigenvalue weighted by Crippen LogP contribution is 2.37. The van der Waals surface area contributed by atoms with Crippen molar-refractivity contribution in [3.63, 3.8) is 0 Å². The zero-order valence-electron chi connectivity index (χ0n) is 22.1. The van der Waals surface area contributed by atoms with Gasteiger partial charge in [-0.1, -0.05) is 68.3 Å². The maximum atomic E-state index is 13.4. The molecule has 9 nitrogen and oxygen atoms in total. The lowest BCUT2D eigenvalue weighted by atomic mass is 9.89. The van der Waals surface area contributed by atoms with Crippen molar-refractivity contribution in [1.29, 1.82) is 0 Å². The second-order valence-electron chi connectivity index (χ2n) is 10.1. The van der Waals surface area contributed by atoms with Crippen LogP contribution in [0.5, 0.6) is 0 Å². The maximum Gasteiger partial charge on any atom is 0.507 e. The molecule has 0 saturated heterocycles. The summed E-state index contributed by atoms with van der Waals surface area (Å²) in [7, 11) is 0. The molecule has 9 heteroatoms. The molecule has 0 spiro atoms. The van der Waals surface area contributed by atoms with Crippen LogP contribution in [0.3, 0.4) is 0 Å². The molecule has 2 N–H and O–H groups in total. The lowest BCUT2D eigenvalue weighted by molar-refractivity contribution is -0.175. The quantitative estimate of drug-likeness (QED) is 0.187. The van der Waals surface area contributed by atoms with Crippen molar-refractivity contribution in [1.82, 2.24) is 25.5 Å². The van der Waals surface area contributed by atoms with Crippen molar-refractivity contribution in [3.05, 3.63) is 66.2 Å². The topological polar surface area (TPSA) is 121 Å². The highest BCUT2D eigenvalue weighted by Gasteiger charge is 2.44. The first-order chi connectivity index (χ1) is 19.0. The fraction of sp³-hybridized carbons (Fsp3) is 0.367. The highest BCUT2D eigenvalue weighted by atomic mass is 16.7. The number of hydrogen-bond donors (Lipinski definition) is 2. The van der Waals surface area contributed by atoms with Crippen molar-refractivity contribution < 1.29 is 19.4 Å². The number of aromatic amines is 1. The molecule has 1 aromatic heterocycles. The Labute approximate surface area is 227 Å². The molecular weight excluding hydrogens is 494 g/mol. The molecule has 1 aliphatic carbocycles. The average Bonchev–Trinajstić information content (AvgIpc) is 3.49. The number of hydrogen-bond acceptors (Lipinski definition) is 6. The van der Waals surface area contributed by atoms with Gasteiger partial charge in [-0.05, 0) is 69.3 Å². The molecule has 1 amide bonds. The van der Waals surface area contributed by atoms with E-state index in [2.05, 4.69) is 44.9 Å². The number of nitrogens with one attached hydrogen (secondary N) is 1.